The smallest absolute Gasteiger partial charge is 0.180 e. The van der Waals surface area contributed by atoms with Crippen LogP contribution in [0.2, 0.25) is 0 Å². The molecule has 0 bridgehead atoms. The summed E-state index contributed by atoms with van der Waals surface area (Å²) in [4.78, 5) is 0. The summed E-state index contributed by atoms with van der Waals surface area (Å²) in [5, 5.41) is 33.5. The second-order valence-corrected chi connectivity index (χ2v) is 8.30. The van der Waals surface area contributed by atoms with Crippen molar-refractivity contribution in [3.8, 4) is 35.4 Å². The van der Waals surface area contributed by atoms with Crippen molar-refractivity contribution in [3.63, 3.8) is 0 Å². The molecular weight excluding hydrogens is 624 g/mol. The number of nitrogens with zero attached hydrogens (tertiary/aromatic N) is 4. The highest BCUT2D eigenvalue weighted by atomic mass is 79.9. The molecule has 0 aliphatic carbocycles. The molecule has 0 fully saturated rings. The van der Waals surface area contributed by atoms with Crippen LogP contribution in [0.1, 0.15) is 22.3 Å². The number of rotatable bonds is 1. The fraction of sp³-hybridized carbons (Fsp3) is 0. The van der Waals surface area contributed by atoms with Crippen LogP contribution >= 0.6 is 15.9 Å². The first-order valence-corrected chi connectivity index (χ1v) is 11.4. The van der Waals surface area contributed by atoms with E-state index in [1.165, 1.54) is 12.1 Å². The fourth-order valence-electron chi connectivity index (χ4n) is 2.89. The molecule has 0 aliphatic heterocycles. The van der Waals surface area contributed by atoms with E-state index in [4.69, 9.17) is 21.0 Å². The highest BCUT2D eigenvalue weighted by Crippen LogP contribution is 2.32. The second kappa shape index (κ2) is 14.2. The number of nitriles is 4. The molecule has 0 N–H and O–H groups in total. The quantitative estimate of drug-likeness (QED) is 0.156. The van der Waals surface area contributed by atoms with Crippen LogP contribution in [0, 0.1) is 91.9 Å². The monoisotopic (exact) mass is 632 g/mol. The van der Waals surface area contributed by atoms with Crippen molar-refractivity contribution in [2.75, 3.05) is 0 Å². The van der Waals surface area contributed by atoms with Crippen LogP contribution in [0.5, 0.6) is 0 Å². The SMILES string of the molecule is N#Cc1c(F)c(F)cc(F)c1F.N#Cc1ccc(-c2c(F)c(F)c(C#N)c(F)c2F)cc1.N#Cc1ccc(Br)cc1. The first kappa shape index (κ1) is 32.0. The summed E-state index contributed by atoms with van der Waals surface area (Å²) in [6.45, 7) is 0. The highest BCUT2D eigenvalue weighted by molar-refractivity contribution is 9.10. The maximum absolute atomic E-state index is 13.8. The Morgan fingerprint density at radius 1 is 0.463 bits per heavy atom. The van der Waals surface area contributed by atoms with Crippen molar-refractivity contribution in [1.29, 1.82) is 21.0 Å². The average Bonchev–Trinajstić information content (AvgIpc) is 2.97. The molecule has 0 radical (unpaired) electrons. The molecule has 0 aliphatic rings. The van der Waals surface area contributed by atoms with E-state index in [-0.39, 0.29) is 17.2 Å². The molecule has 4 rings (SSSR count). The lowest BCUT2D eigenvalue weighted by Crippen LogP contribution is -2.03. The second-order valence-electron chi connectivity index (χ2n) is 7.38. The number of hydrogen-bond donors (Lipinski definition) is 0. The zero-order chi connectivity index (χ0) is 30.9. The van der Waals surface area contributed by atoms with Gasteiger partial charge in [-0.1, -0.05) is 28.1 Å². The largest absolute Gasteiger partial charge is 0.204 e. The Hall–Kier alpha value is -5.24. The Bertz CT molecular complexity index is 1710. The predicted octanol–water partition coefficient (Wildman–Crippen LogP) is 8.09. The van der Waals surface area contributed by atoms with E-state index in [1.54, 1.807) is 18.2 Å². The standard InChI is InChI=1S/C14H4F4N2.C7H4BrN.C7HF4N/c15-11-9(6-20)12(16)14(18)10(13(11)17)8-3-1-7(5-19)2-4-8;8-7-3-1-6(5-9)2-4-7;8-4-1-5(9)7(11)3(2-12)6(4)10/h1-4H;1-4H;1H. The minimum absolute atomic E-state index is 0.0471. The molecule has 41 heavy (non-hydrogen) atoms. The van der Waals surface area contributed by atoms with E-state index in [9.17, 15) is 35.1 Å². The van der Waals surface area contributed by atoms with Gasteiger partial charge in [0.2, 0.25) is 0 Å². The Balaban J connectivity index is 0.000000237. The van der Waals surface area contributed by atoms with Crippen LogP contribution < -0.4 is 0 Å². The highest BCUT2D eigenvalue weighted by Gasteiger charge is 2.26. The van der Waals surface area contributed by atoms with Gasteiger partial charge in [0.25, 0.3) is 0 Å². The van der Waals surface area contributed by atoms with E-state index in [1.807, 2.05) is 18.2 Å². The van der Waals surface area contributed by atoms with Gasteiger partial charge in [0.15, 0.2) is 46.5 Å². The zero-order valence-corrected chi connectivity index (χ0v) is 21.5. The Kier molecular flexibility index (Phi) is 11.1. The lowest BCUT2D eigenvalue weighted by Gasteiger charge is -2.08. The molecule has 0 spiro atoms. The van der Waals surface area contributed by atoms with Crippen LogP contribution in [0.15, 0.2) is 59.1 Å². The summed E-state index contributed by atoms with van der Waals surface area (Å²) in [5.74, 6) is -13.3. The molecule has 0 amide bonds. The maximum Gasteiger partial charge on any atom is 0.180 e. The summed E-state index contributed by atoms with van der Waals surface area (Å²) in [6, 6.07) is 18.0. The molecule has 0 atom stereocenters. The molecular formula is C28H9BrF8N4. The number of benzene rings is 4. The van der Waals surface area contributed by atoms with Gasteiger partial charge in [0.05, 0.1) is 28.8 Å². The van der Waals surface area contributed by atoms with Gasteiger partial charge in [0, 0.05) is 10.5 Å². The van der Waals surface area contributed by atoms with E-state index < -0.39 is 63.2 Å². The average molecular weight is 633 g/mol. The summed E-state index contributed by atoms with van der Waals surface area (Å²) < 4.78 is 105. The number of hydrogen-bond acceptors (Lipinski definition) is 4. The Morgan fingerprint density at radius 2 is 0.829 bits per heavy atom. The van der Waals surface area contributed by atoms with Gasteiger partial charge in [-0.3, -0.25) is 0 Å². The van der Waals surface area contributed by atoms with Crippen LogP contribution in [0.4, 0.5) is 35.1 Å². The molecule has 0 saturated heterocycles. The van der Waals surface area contributed by atoms with Gasteiger partial charge in [-0.15, -0.1) is 0 Å². The summed E-state index contributed by atoms with van der Waals surface area (Å²) in [6.07, 6.45) is 0. The van der Waals surface area contributed by atoms with Crippen molar-refractivity contribution in [2.24, 2.45) is 0 Å². The third kappa shape index (κ3) is 7.45. The van der Waals surface area contributed by atoms with E-state index in [0.717, 1.165) is 28.7 Å². The summed E-state index contributed by atoms with van der Waals surface area (Å²) in [5.41, 5.74) is -2.68. The van der Waals surface area contributed by atoms with Gasteiger partial charge in [-0.25, -0.2) is 35.1 Å². The molecule has 0 unspecified atom stereocenters. The minimum atomic E-state index is -1.74. The summed E-state index contributed by atoms with van der Waals surface area (Å²) in [7, 11) is 0. The molecule has 4 aromatic carbocycles. The third-order valence-electron chi connectivity index (χ3n) is 4.87. The van der Waals surface area contributed by atoms with E-state index >= 15 is 0 Å². The van der Waals surface area contributed by atoms with Crippen molar-refractivity contribution in [3.05, 3.63) is 128 Å². The minimum Gasteiger partial charge on any atom is -0.204 e. The summed E-state index contributed by atoms with van der Waals surface area (Å²) >= 11 is 3.27. The van der Waals surface area contributed by atoms with Crippen LogP contribution in [-0.4, -0.2) is 0 Å². The molecule has 4 nitrogen and oxygen atoms in total. The number of halogens is 9. The van der Waals surface area contributed by atoms with Gasteiger partial charge in [-0.05, 0) is 42.0 Å². The zero-order valence-electron chi connectivity index (χ0n) is 19.9. The molecule has 0 heterocycles. The molecule has 13 heteroatoms. The first-order valence-electron chi connectivity index (χ1n) is 10.6. The first-order chi connectivity index (χ1) is 19.4. The van der Waals surface area contributed by atoms with Crippen molar-refractivity contribution in [2.45, 2.75) is 0 Å². The third-order valence-corrected chi connectivity index (χ3v) is 5.40. The van der Waals surface area contributed by atoms with Crippen molar-refractivity contribution in [1.82, 2.24) is 0 Å². The van der Waals surface area contributed by atoms with Crippen LogP contribution in [0.3, 0.4) is 0 Å². The van der Waals surface area contributed by atoms with E-state index in [0.29, 0.717) is 5.56 Å². The van der Waals surface area contributed by atoms with Gasteiger partial charge < -0.3 is 0 Å². The van der Waals surface area contributed by atoms with E-state index in [2.05, 4.69) is 15.9 Å². The van der Waals surface area contributed by atoms with Crippen molar-refractivity contribution < 1.29 is 35.1 Å². The van der Waals surface area contributed by atoms with Gasteiger partial charge in [-0.2, -0.15) is 21.0 Å². The normalized spacial score (nSPS) is 9.49. The van der Waals surface area contributed by atoms with Gasteiger partial charge in [0.1, 0.15) is 23.3 Å². The fourth-order valence-corrected chi connectivity index (χ4v) is 3.15. The lowest BCUT2D eigenvalue weighted by molar-refractivity contribution is 0.450. The molecule has 0 saturated carbocycles. The maximum atomic E-state index is 13.8. The molecule has 0 aromatic heterocycles. The predicted molar refractivity (Wildman–Crippen MR) is 131 cm³/mol. The van der Waals surface area contributed by atoms with Gasteiger partial charge >= 0.3 is 0 Å². The van der Waals surface area contributed by atoms with Crippen LogP contribution in [-0.2, 0) is 0 Å². The molecule has 204 valence electrons. The Morgan fingerprint density at radius 3 is 1.20 bits per heavy atom. The molecule has 4 aromatic rings. The van der Waals surface area contributed by atoms with Crippen molar-refractivity contribution >= 4 is 15.9 Å². The topological polar surface area (TPSA) is 95.2 Å². The lowest BCUT2D eigenvalue weighted by atomic mass is 10.0. The Labute approximate surface area is 235 Å². The van der Waals surface area contributed by atoms with Crippen LogP contribution in [0.25, 0.3) is 11.1 Å².